The van der Waals surface area contributed by atoms with Crippen LogP contribution in [0.15, 0.2) is 22.7 Å². The van der Waals surface area contributed by atoms with Gasteiger partial charge in [-0.3, -0.25) is 9.59 Å². The van der Waals surface area contributed by atoms with Gasteiger partial charge in [-0.1, -0.05) is 0 Å². The summed E-state index contributed by atoms with van der Waals surface area (Å²) in [7, 11) is 1.57. The van der Waals surface area contributed by atoms with E-state index in [1.165, 1.54) is 0 Å². The van der Waals surface area contributed by atoms with E-state index in [1.54, 1.807) is 19.2 Å². The fourth-order valence-electron chi connectivity index (χ4n) is 1.92. The molecule has 0 aromatic heterocycles. The summed E-state index contributed by atoms with van der Waals surface area (Å²) in [5, 5.41) is 5.55. The van der Waals surface area contributed by atoms with Gasteiger partial charge < -0.3 is 15.4 Å². The van der Waals surface area contributed by atoms with E-state index in [1.807, 2.05) is 6.07 Å². The molecule has 0 saturated carbocycles. The number of amides is 2. The maximum atomic E-state index is 12.1. The van der Waals surface area contributed by atoms with Gasteiger partial charge in [-0.15, -0.1) is 0 Å². The molecule has 0 radical (unpaired) electrons. The molecule has 1 atom stereocenters. The first-order valence-electron chi connectivity index (χ1n) is 6.01. The molecule has 1 saturated heterocycles. The minimum Gasteiger partial charge on any atom is -0.497 e. The molecular formula is C13H15BrN2O3. The number of hydrogen-bond acceptors (Lipinski definition) is 3. The third kappa shape index (κ3) is 3.47. The van der Waals surface area contributed by atoms with Crippen molar-refractivity contribution >= 4 is 33.4 Å². The van der Waals surface area contributed by atoms with E-state index in [0.29, 0.717) is 30.8 Å². The predicted octanol–water partition coefficient (Wildman–Crippen LogP) is 1.92. The molecule has 1 fully saturated rings. The van der Waals surface area contributed by atoms with E-state index >= 15 is 0 Å². The number of ether oxygens (including phenoxy) is 1. The molecule has 5 nitrogen and oxygen atoms in total. The molecule has 1 unspecified atom stereocenters. The number of hydrogen-bond donors (Lipinski definition) is 2. The summed E-state index contributed by atoms with van der Waals surface area (Å²) in [5.41, 5.74) is 0.668. The Balaban J connectivity index is 2.04. The molecule has 1 aliphatic rings. The second-order valence-electron chi connectivity index (χ2n) is 4.37. The first-order valence-corrected chi connectivity index (χ1v) is 6.80. The van der Waals surface area contributed by atoms with Crippen LogP contribution in [-0.2, 0) is 9.59 Å². The van der Waals surface area contributed by atoms with Gasteiger partial charge in [0, 0.05) is 23.5 Å². The molecule has 102 valence electrons. The first kappa shape index (κ1) is 13.9. The number of carbonyl (C=O) groups is 2. The Hall–Kier alpha value is -1.56. The summed E-state index contributed by atoms with van der Waals surface area (Å²) in [6, 6.07) is 5.38. The number of halogens is 1. The zero-order valence-electron chi connectivity index (χ0n) is 10.5. The molecule has 6 heteroatoms. The van der Waals surface area contributed by atoms with Crippen molar-refractivity contribution in [3.8, 4) is 5.75 Å². The van der Waals surface area contributed by atoms with Gasteiger partial charge in [0.25, 0.3) is 0 Å². The topological polar surface area (TPSA) is 67.4 Å². The van der Waals surface area contributed by atoms with Crippen molar-refractivity contribution < 1.29 is 14.3 Å². The number of nitrogens with one attached hydrogen (secondary N) is 2. The molecule has 0 bridgehead atoms. The molecule has 1 aromatic rings. The monoisotopic (exact) mass is 326 g/mol. The Morgan fingerprint density at radius 1 is 1.53 bits per heavy atom. The van der Waals surface area contributed by atoms with E-state index in [0.717, 1.165) is 4.47 Å². The highest BCUT2D eigenvalue weighted by Crippen LogP contribution is 2.28. The maximum Gasteiger partial charge on any atom is 0.229 e. The maximum absolute atomic E-state index is 12.1. The van der Waals surface area contributed by atoms with Crippen LogP contribution in [0.5, 0.6) is 5.75 Å². The molecule has 0 spiro atoms. The number of piperidine rings is 1. The average Bonchev–Trinajstić information content (AvgIpc) is 2.42. The third-order valence-corrected chi connectivity index (χ3v) is 3.76. The summed E-state index contributed by atoms with van der Waals surface area (Å²) in [6.07, 6.45) is 0.983. The Morgan fingerprint density at radius 2 is 2.32 bits per heavy atom. The fraction of sp³-hybridized carbons (Fsp3) is 0.385. The quantitative estimate of drug-likeness (QED) is 0.891. The van der Waals surface area contributed by atoms with Gasteiger partial charge in [0.05, 0.1) is 18.7 Å². The van der Waals surface area contributed by atoms with Crippen molar-refractivity contribution in [2.24, 2.45) is 5.92 Å². The minimum absolute atomic E-state index is 0.00612. The molecule has 1 aliphatic heterocycles. The Bertz CT molecular complexity index is 495. The summed E-state index contributed by atoms with van der Waals surface area (Å²) >= 11 is 3.38. The molecule has 19 heavy (non-hydrogen) atoms. The van der Waals surface area contributed by atoms with Crippen LogP contribution in [0.25, 0.3) is 0 Å². The Morgan fingerprint density at radius 3 is 2.95 bits per heavy atom. The summed E-state index contributed by atoms with van der Waals surface area (Å²) < 4.78 is 5.91. The molecular weight excluding hydrogens is 312 g/mol. The number of rotatable bonds is 3. The first-order chi connectivity index (χ1) is 9.10. The van der Waals surface area contributed by atoms with Crippen molar-refractivity contribution in [3.05, 3.63) is 22.7 Å². The highest BCUT2D eigenvalue weighted by atomic mass is 79.9. The van der Waals surface area contributed by atoms with E-state index in [-0.39, 0.29) is 17.7 Å². The van der Waals surface area contributed by atoms with Gasteiger partial charge in [-0.2, -0.15) is 0 Å². The lowest BCUT2D eigenvalue weighted by Crippen LogP contribution is -2.40. The predicted molar refractivity (Wildman–Crippen MR) is 75.1 cm³/mol. The lowest BCUT2D eigenvalue weighted by Gasteiger charge is -2.22. The standard InChI is InChI=1S/C13H15BrN2O3/c1-19-9-3-4-10(14)11(6-9)16-13(18)8-2-5-12(17)15-7-8/h3-4,6,8H,2,5,7H2,1H3,(H,15,17)(H,16,18). The van der Waals surface area contributed by atoms with Crippen molar-refractivity contribution in [2.45, 2.75) is 12.8 Å². The van der Waals surface area contributed by atoms with Gasteiger partial charge in [0.15, 0.2) is 0 Å². The Labute approximate surface area is 119 Å². The molecule has 2 amide bonds. The lowest BCUT2D eigenvalue weighted by atomic mass is 9.98. The zero-order valence-corrected chi connectivity index (χ0v) is 12.1. The fourth-order valence-corrected chi connectivity index (χ4v) is 2.26. The number of benzene rings is 1. The summed E-state index contributed by atoms with van der Waals surface area (Å²) in [6.45, 7) is 0.395. The van der Waals surface area contributed by atoms with Crippen LogP contribution >= 0.6 is 15.9 Å². The second-order valence-corrected chi connectivity index (χ2v) is 5.23. The van der Waals surface area contributed by atoms with Crippen LogP contribution in [0.4, 0.5) is 5.69 Å². The van der Waals surface area contributed by atoms with E-state index < -0.39 is 0 Å². The average molecular weight is 327 g/mol. The second kappa shape index (κ2) is 6.06. The van der Waals surface area contributed by atoms with Crippen molar-refractivity contribution in [1.82, 2.24) is 5.32 Å². The highest BCUT2D eigenvalue weighted by Gasteiger charge is 2.24. The SMILES string of the molecule is COc1ccc(Br)c(NC(=O)C2CCC(=O)NC2)c1. The van der Waals surface area contributed by atoms with Crippen molar-refractivity contribution in [2.75, 3.05) is 19.0 Å². The van der Waals surface area contributed by atoms with Crippen LogP contribution in [0.3, 0.4) is 0 Å². The number of carbonyl (C=O) groups excluding carboxylic acids is 2. The van der Waals surface area contributed by atoms with Gasteiger partial charge in [-0.25, -0.2) is 0 Å². The smallest absolute Gasteiger partial charge is 0.229 e. The van der Waals surface area contributed by atoms with Gasteiger partial charge in [-0.05, 0) is 34.5 Å². The largest absolute Gasteiger partial charge is 0.497 e. The molecule has 1 aromatic carbocycles. The zero-order chi connectivity index (χ0) is 13.8. The van der Waals surface area contributed by atoms with Gasteiger partial charge in [0.1, 0.15) is 5.75 Å². The van der Waals surface area contributed by atoms with Crippen LogP contribution in [0, 0.1) is 5.92 Å². The van der Waals surface area contributed by atoms with Crippen LogP contribution in [0.2, 0.25) is 0 Å². The molecule has 1 heterocycles. The highest BCUT2D eigenvalue weighted by molar-refractivity contribution is 9.10. The van der Waals surface area contributed by atoms with E-state index in [4.69, 9.17) is 4.74 Å². The summed E-state index contributed by atoms with van der Waals surface area (Å²) in [4.78, 5) is 23.2. The minimum atomic E-state index is -0.184. The normalized spacial score (nSPS) is 18.6. The third-order valence-electron chi connectivity index (χ3n) is 3.07. The van der Waals surface area contributed by atoms with Crippen molar-refractivity contribution in [3.63, 3.8) is 0 Å². The summed E-state index contributed by atoms with van der Waals surface area (Å²) in [5.74, 6) is 0.409. The number of anilines is 1. The van der Waals surface area contributed by atoms with Crippen LogP contribution in [-0.4, -0.2) is 25.5 Å². The van der Waals surface area contributed by atoms with E-state index in [2.05, 4.69) is 26.6 Å². The lowest BCUT2D eigenvalue weighted by molar-refractivity contribution is -0.126. The van der Waals surface area contributed by atoms with Crippen molar-refractivity contribution in [1.29, 1.82) is 0 Å². The Kier molecular flexibility index (Phi) is 4.42. The van der Waals surface area contributed by atoms with E-state index in [9.17, 15) is 9.59 Å². The van der Waals surface area contributed by atoms with Crippen LogP contribution in [0.1, 0.15) is 12.8 Å². The van der Waals surface area contributed by atoms with Gasteiger partial charge >= 0.3 is 0 Å². The molecule has 2 N–H and O–H groups in total. The number of methoxy groups -OCH3 is 1. The molecule has 0 aliphatic carbocycles. The molecule has 2 rings (SSSR count). The van der Waals surface area contributed by atoms with Gasteiger partial charge in [0.2, 0.25) is 11.8 Å². The van der Waals surface area contributed by atoms with Crippen LogP contribution < -0.4 is 15.4 Å².